The summed E-state index contributed by atoms with van der Waals surface area (Å²) < 4.78 is 0. The first-order valence-electron chi connectivity index (χ1n) is 10.6. The highest BCUT2D eigenvalue weighted by Gasteiger charge is 2.38. The van der Waals surface area contributed by atoms with Gasteiger partial charge in [0.05, 0.1) is 19.1 Å². The van der Waals surface area contributed by atoms with Gasteiger partial charge in [-0.25, -0.2) is 0 Å². The number of rotatable bonds is 5. The lowest BCUT2D eigenvalue weighted by atomic mass is 9.93. The standard InChI is InChI=1S/C22H33N3O/c26-22-16-21(20-8-4-3-5-9-20)25(22)18-24-14-10-19(11-15-24)17-23-12-6-1-2-7-13-23/h3-5,8-9,19,21H,1-2,6-7,10-18H2. The molecule has 0 aromatic heterocycles. The van der Waals surface area contributed by atoms with E-state index in [1.807, 2.05) is 6.07 Å². The number of amides is 1. The average molecular weight is 356 g/mol. The van der Waals surface area contributed by atoms with Crippen LogP contribution in [0.5, 0.6) is 0 Å². The maximum Gasteiger partial charge on any atom is 0.226 e. The molecule has 0 bridgehead atoms. The molecule has 3 aliphatic rings. The molecule has 1 unspecified atom stereocenters. The molecule has 0 radical (unpaired) electrons. The lowest BCUT2D eigenvalue weighted by Crippen LogP contribution is -2.53. The normalized spacial score (nSPS) is 26.5. The number of benzene rings is 1. The fourth-order valence-corrected chi connectivity index (χ4v) is 4.81. The summed E-state index contributed by atoms with van der Waals surface area (Å²) in [6, 6.07) is 10.8. The molecule has 3 heterocycles. The minimum atomic E-state index is 0.290. The number of carbonyl (C=O) groups excluding carboxylic acids is 1. The maximum atomic E-state index is 12.1. The minimum Gasteiger partial charge on any atom is -0.322 e. The Morgan fingerprint density at radius 2 is 1.54 bits per heavy atom. The van der Waals surface area contributed by atoms with Gasteiger partial charge >= 0.3 is 0 Å². The summed E-state index contributed by atoms with van der Waals surface area (Å²) in [5, 5.41) is 0. The van der Waals surface area contributed by atoms with Crippen molar-refractivity contribution < 1.29 is 4.79 Å². The van der Waals surface area contributed by atoms with Crippen LogP contribution in [0.25, 0.3) is 0 Å². The number of β-lactam (4-membered cyclic amide) rings is 1. The van der Waals surface area contributed by atoms with Crippen molar-refractivity contribution >= 4 is 5.91 Å². The van der Waals surface area contributed by atoms with E-state index in [2.05, 4.69) is 39.0 Å². The Bertz CT molecular complexity index is 574. The summed E-state index contributed by atoms with van der Waals surface area (Å²) in [6.45, 7) is 7.01. The number of hydrogen-bond donors (Lipinski definition) is 0. The predicted octanol–water partition coefficient (Wildman–Crippen LogP) is 3.51. The van der Waals surface area contributed by atoms with Crippen LogP contribution in [0.2, 0.25) is 0 Å². The van der Waals surface area contributed by atoms with Gasteiger partial charge < -0.3 is 9.80 Å². The van der Waals surface area contributed by atoms with Crippen molar-refractivity contribution in [2.24, 2.45) is 5.92 Å². The van der Waals surface area contributed by atoms with Crippen molar-refractivity contribution in [2.75, 3.05) is 39.4 Å². The van der Waals surface area contributed by atoms with Gasteiger partial charge in [0.1, 0.15) is 0 Å². The summed E-state index contributed by atoms with van der Waals surface area (Å²) in [5.41, 5.74) is 1.28. The highest BCUT2D eigenvalue weighted by Crippen LogP contribution is 2.34. The van der Waals surface area contributed by atoms with Gasteiger partial charge in [0.15, 0.2) is 0 Å². The van der Waals surface area contributed by atoms with Gasteiger partial charge in [0, 0.05) is 19.6 Å². The Balaban J connectivity index is 1.24. The van der Waals surface area contributed by atoms with Gasteiger partial charge in [0.2, 0.25) is 5.91 Å². The second-order valence-corrected chi connectivity index (χ2v) is 8.41. The first-order chi connectivity index (χ1) is 12.8. The van der Waals surface area contributed by atoms with Crippen molar-refractivity contribution in [3.63, 3.8) is 0 Å². The zero-order valence-corrected chi connectivity index (χ0v) is 16.0. The fraction of sp³-hybridized carbons (Fsp3) is 0.682. The first kappa shape index (κ1) is 18.0. The Labute approximate surface area is 158 Å². The Kier molecular flexibility index (Phi) is 5.91. The van der Waals surface area contributed by atoms with Crippen LogP contribution >= 0.6 is 0 Å². The second-order valence-electron chi connectivity index (χ2n) is 8.41. The zero-order chi connectivity index (χ0) is 17.8. The molecule has 3 aliphatic heterocycles. The van der Waals surface area contributed by atoms with E-state index in [4.69, 9.17) is 0 Å². The molecule has 4 nitrogen and oxygen atoms in total. The molecule has 4 heteroatoms. The van der Waals surface area contributed by atoms with E-state index in [9.17, 15) is 4.79 Å². The van der Waals surface area contributed by atoms with Gasteiger partial charge in [-0.15, -0.1) is 0 Å². The number of carbonyl (C=O) groups is 1. The van der Waals surface area contributed by atoms with E-state index in [-0.39, 0.29) is 0 Å². The molecule has 1 aromatic rings. The van der Waals surface area contributed by atoms with Crippen LogP contribution in [0.15, 0.2) is 30.3 Å². The van der Waals surface area contributed by atoms with E-state index >= 15 is 0 Å². The molecule has 0 spiro atoms. The molecule has 0 N–H and O–H groups in total. The van der Waals surface area contributed by atoms with E-state index in [0.717, 1.165) is 25.7 Å². The smallest absolute Gasteiger partial charge is 0.226 e. The largest absolute Gasteiger partial charge is 0.322 e. The zero-order valence-electron chi connectivity index (χ0n) is 16.0. The summed E-state index contributed by atoms with van der Waals surface area (Å²) in [7, 11) is 0. The van der Waals surface area contributed by atoms with Crippen LogP contribution in [0.3, 0.4) is 0 Å². The molecule has 3 saturated heterocycles. The molecule has 1 atom stereocenters. The minimum absolute atomic E-state index is 0.290. The average Bonchev–Trinajstić information content (AvgIpc) is 2.95. The Hall–Kier alpha value is -1.39. The fourth-order valence-electron chi connectivity index (χ4n) is 4.81. The van der Waals surface area contributed by atoms with Crippen molar-refractivity contribution in [1.82, 2.24) is 14.7 Å². The third kappa shape index (κ3) is 4.29. The van der Waals surface area contributed by atoms with Crippen LogP contribution in [0, 0.1) is 5.92 Å². The van der Waals surface area contributed by atoms with Crippen LogP contribution in [-0.2, 0) is 4.79 Å². The van der Waals surface area contributed by atoms with E-state index < -0.39 is 0 Å². The summed E-state index contributed by atoms with van der Waals surface area (Å²) in [4.78, 5) is 19.4. The van der Waals surface area contributed by atoms with Crippen LogP contribution in [-0.4, -0.2) is 60.0 Å². The van der Waals surface area contributed by atoms with Gasteiger partial charge in [-0.3, -0.25) is 9.69 Å². The lowest BCUT2D eigenvalue weighted by Gasteiger charge is -2.45. The van der Waals surface area contributed by atoms with Gasteiger partial charge in [-0.1, -0.05) is 43.2 Å². The third-order valence-electron chi connectivity index (χ3n) is 6.52. The van der Waals surface area contributed by atoms with Crippen LogP contribution < -0.4 is 0 Å². The number of likely N-dealkylation sites (tertiary alicyclic amines) is 3. The number of hydrogen-bond acceptors (Lipinski definition) is 3. The monoisotopic (exact) mass is 355 g/mol. The molecular formula is C22H33N3O. The van der Waals surface area contributed by atoms with Crippen LogP contribution in [0.1, 0.15) is 56.6 Å². The Morgan fingerprint density at radius 3 is 2.19 bits per heavy atom. The molecule has 4 rings (SSSR count). The van der Waals surface area contributed by atoms with Crippen molar-refractivity contribution in [3.8, 4) is 0 Å². The van der Waals surface area contributed by atoms with Crippen LogP contribution in [0.4, 0.5) is 0 Å². The van der Waals surface area contributed by atoms with Gasteiger partial charge in [-0.05, 0) is 50.3 Å². The molecule has 1 aromatic carbocycles. The molecular weight excluding hydrogens is 322 g/mol. The molecule has 0 aliphatic carbocycles. The molecule has 26 heavy (non-hydrogen) atoms. The van der Waals surface area contributed by atoms with Gasteiger partial charge in [-0.2, -0.15) is 0 Å². The topological polar surface area (TPSA) is 26.8 Å². The lowest BCUT2D eigenvalue weighted by molar-refractivity contribution is -0.150. The molecule has 1 amide bonds. The SMILES string of the molecule is O=C1CC(c2ccccc2)N1CN1CCC(CN2CCCCCC2)CC1. The summed E-state index contributed by atoms with van der Waals surface area (Å²) in [5.74, 6) is 1.16. The number of piperidine rings is 1. The van der Waals surface area contributed by atoms with E-state index in [1.165, 1.54) is 63.7 Å². The maximum absolute atomic E-state index is 12.1. The van der Waals surface area contributed by atoms with Gasteiger partial charge in [0.25, 0.3) is 0 Å². The Morgan fingerprint density at radius 1 is 0.846 bits per heavy atom. The summed E-state index contributed by atoms with van der Waals surface area (Å²) >= 11 is 0. The van der Waals surface area contributed by atoms with E-state index in [1.54, 1.807) is 0 Å². The van der Waals surface area contributed by atoms with E-state index in [0.29, 0.717) is 18.4 Å². The van der Waals surface area contributed by atoms with Crippen molar-refractivity contribution in [2.45, 2.75) is 51.0 Å². The van der Waals surface area contributed by atoms with Crippen molar-refractivity contribution in [1.29, 1.82) is 0 Å². The third-order valence-corrected chi connectivity index (χ3v) is 6.52. The molecule has 142 valence electrons. The first-order valence-corrected chi connectivity index (χ1v) is 10.6. The number of nitrogens with zero attached hydrogens (tertiary/aromatic N) is 3. The quantitative estimate of drug-likeness (QED) is 0.756. The van der Waals surface area contributed by atoms with Crippen molar-refractivity contribution in [3.05, 3.63) is 35.9 Å². The molecule has 0 saturated carbocycles. The predicted molar refractivity (Wildman–Crippen MR) is 105 cm³/mol. The molecule has 3 fully saturated rings. The highest BCUT2D eigenvalue weighted by atomic mass is 16.2. The summed E-state index contributed by atoms with van der Waals surface area (Å²) in [6.07, 6.45) is 8.86. The highest BCUT2D eigenvalue weighted by molar-refractivity contribution is 5.83. The second kappa shape index (κ2) is 8.53.